The van der Waals surface area contributed by atoms with Crippen LogP contribution in [0.3, 0.4) is 0 Å². The first-order valence-corrected chi connectivity index (χ1v) is 10.1. The monoisotopic (exact) mass is 443 g/mol. The molecule has 1 N–H and O–H groups in total. The van der Waals surface area contributed by atoms with E-state index in [0.29, 0.717) is 22.4 Å². The third kappa shape index (κ3) is 3.99. The molecule has 0 saturated heterocycles. The van der Waals surface area contributed by atoms with Crippen LogP contribution in [0.1, 0.15) is 12.0 Å². The van der Waals surface area contributed by atoms with Crippen molar-refractivity contribution in [1.82, 2.24) is 18.9 Å². The van der Waals surface area contributed by atoms with E-state index in [0.717, 1.165) is 16.6 Å². The molecule has 4 aromatic rings. The van der Waals surface area contributed by atoms with Crippen molar-refractivity contribution in [2.75, 3.05) is 5.32 Å². The van der Waals surface area contributed by atoms with Crippen LogP contribution in [0.4, 0.5) is 5.82 Å². The molecule has 2 heterocycles. The van der Waals surface area contributed by atoms with Gasteiger partial charge in [0, 0.05) is 36.1 Å². The maximum atomic E-state index is 12.5. The number of benzene rings is 2. The molecule has 2 aromatic heterocycles. The summed E-state index contributed by atoms with van der Waals surface area (Å²) in [5.41, 5.74) is 2.33. The Balaban J connectivity index is 1.45. The van der Waals surface area contributed by atoms with Crippen LogP contribution in [0.5, 0.6) is 0 Å². The van der Waals surface area contributed by atoms with Gasteiger partial charge in [0.2, 0.25) is 5.91 Å². The average molecular weight is 444 g/mol. The zero-order valence-corrected chi connectivity index (χ0v) is 17.7. The highest BCUT2D eigenvalue weighted by Crippen LogP contribution is 2.22. The Hall–Kier alpha value is -3.03. The maximum Gasteiger partial charge on any atom is 0.328 e. The summed E-state index contributed by atoms with van der Waals surface area (Å²) >= 11 is 12.2. The summed E-state index contributed by atoms with van der Waals surface area (Å²) in [6, 6.07) is 14.5. The van der Waals surface area contributed by atoms with E-state index in [2.05, 4.69) is 10.4 Å². The van der Waals surface area contributed by atoms with Crippen molar-refractivity contribution in [2.45, 2.75) is 19.5 Å². The Kier molecular flexibility index (Phi) is 5.65. The van der Waals surface area contributed by atoms with Gasteiger partial charge in [0.15, 0.2) is 0 Å². The number of hydrogen-bond acceptors (Lipinski definition) is 3. The molecule has 9 heteroatoms. The molecular weight excluding hydrogens is 425 g/mol. The van der Waals surface area contributed by atoms with Gasteiger partial charge in [-0.15, -0.1) is 0 Å². The number of hydrogen-bond donors (Lipinski definition) is 1. The fourth-order valence-electron chi connectivity index (χ4n) is 3.37. The Morgan fingerprint density at radius 1 is 1.10 bits per heavy atom. The van der Waals surface area contributed by atoms with Crippen LogP contribution < -0.4 is 11.0 Å². The molecular formula is C21H19Cl2N5O2. The highest BCUT2D eigenvalue weighted by molar-refractivity contribution is 6.35. The maximum absolute atomic E-state index is 12.5. The lowest BCUT2D eigenvalue weighted by Crippen LogP contribution is -2.25. The van der Waals surface area contributed by atoms with E-state index in [1.165, 1.54) is 0 Å². The van der Waals surface area contributed by atoms with Gasteiger partial charge in [-0.2, -0.15) is 5.10 Å². The minimum atomic E-state index is -0.209. The molecule has 0 spiro atoms. The van der Waals surface area contributed by atoms with E-state index >= 15 is 0 Å². The Labute approximate surface area is 182 Å². The van der Waals surface area contributed by atoms with Gasteiger partial charge in [-0.25, -0.2) is 9.48 Å². The molecule has 0 fully saturated rings. The van der Waals surface area contributed by atoms with Crippen LogP contribution in [0.2, 0.25) is 10.0 Å². The van der Waals surface area contributed by atoms with Gasteiger partial charge in [-0.05, 0) is 29.8 Å². The lowest BCUT2D eigenvalue weighted by molar-refractivity contribution is -0.116. The first-order chi connectivity index (χ1) is 14.4. The van der Waals surface area contributed by atoms with E-state index in [-0.39, 0.29) is 24.6 Å². The number of amides is 1. The van der Waals surface area contributed by atoms with Crippen molar-refractivity contribution >= 4 is 46.0 Å². The lowest BCUT2D eigenvalue weighted by atomic mass is 10.2. The summed E-state index contributed by atoms with van der Waals surface area (Å²) in [5, 5.41) is 8.20. The quantitative estimate of drug-likeness (QED) is 0.490. The zero-order valence-electron chi connectivity index (χ0n) is 16.2. The number of nitrogens with zero attached hydrogens (tertiary/aromatic N) is 4. The molecule has 154 valence electrons. The summed E-state index contributed by atoms with van der Waals surface area (Å²) in [4.78, 5) is 25.0. The van der Waals surface area contributed by atoms with Crippen LogP contribution in [-0.4, -0.2) is 24.8 Å². The number of rotatable bonds is 6. The average Bonchev–Trinajstić information content (AvgIpc) is 3.25. The second-order valence-electron chi connectivity index (χ2n) is 6.89. The van der Waals surface area contributed by atoms with Gasteiger partial charge >= 0.3 is 5.69 Å². The van der Waals surface area contributed by atoms with E-state index in [4.69, 9.17) is 23.2 Å². The molecule has 0 aliphatic heterocycles. The van der Waals surface area contributed by atoms with Gasteiger partial charge in [0.25, 0.3) is 0 Å². The largest absolute Gasteiger partial charge is 0.328 e. The number of fused-ring (bicyclic) bond motifs is 1. The molecule has 0 saturated carbocycles. The first kappa shape index (κ1) is 20.3. The Morgan fingerprint density at radius 3 is 2.63 bits per heavy atom. The normalized spacial score (nSPS) is 11.2. The van der Waals surface area contributed by atoms with E-state index in [9.17, 15) is 9.59 Å². The lowest BCUT2D eigenvalue weighted by Gasteiger charge is -2.11. The number of nitrogens with one attached hydrogen (secondary N) is 1. The van der Waals surface area contributed by atoms with Crippen molar-refractivity contribution in [2.24, 2.45) is 7.05 Å². The highest BCUT2D eigenvalue weighted by atomic mass is 35.5. The molecule has 0 unspecified atom stereocenters. The summed E-state index contributed by atoms with van der Waals surface area (Å²) in [6.07, 6.45) is 1.76. The van der Waals surface area contributed by atoms with Crippen LogP contribution in [0, 0.1) is 0 Å². The fourth-order valence-corrected chi connectivity index (χ4v) is 3.84. The van der Waals surface area contributed by atoms with Gasteiger partial charge in [0.1, 0.15) is 5.82 Å². The topological polar surface area (TPSA) is 73.8 Å². The minimum absolute atomic E-state index is 0.147. The third-order valence-corrected chi connectivity index (χ3v) is 5.52. The number of carbonyl (C=O) groups excluding carboxylic acids is 1. The second kappa shape index (κ2) is 8.38. The van der Waals surface area contributed by atoms with Crippen molar-refractivity contribution in [1.29, 1.82) is 0 Å². The van der Waals surface area contributed by atoms with Gasteiger partial charge in [0.05, 0.1) is 23.8 Å². The van der Waals surface area contributed by atoms with Crippen LogP contribution in [-0.2, 0) is 24.9 Å². The SMILES string of the molecule is Cn1c(=O)n(CCC(=O)Nc2ccnn2Cc2ccc(Cl)cc2Cl)c2ccccc21. The number of anilines is 1. The smallest absolute Gasteiger partial charge is 0.311 e. The molecule has 0 aliphatic carbocycles. The van der Waals surface area contributed by atoms with E-state index < -0.39 is 0 Å². The van der Waals surface area contributed by atoms with Crippen LogP contribution in [0.25, 0.3) is 11.0 Å². The minimum Gasteiger partial charge on any atom is -0.311 e. The number of para-hydroxylation sites is 2. The predicted octanol–water partition coefficient (Wildman–Crippen LogP) is 3.92. The molecule has 7 nitrogen and oxygen atoms in total. The zero-order chi connectivity index (χ0) is 21.3. The van der Waals surface area contributed by atoms with Gasteiger partial charge < -0.3 is 5.32 Å². The van der Waals surface area contributed by atoms with Gasteiger partial charge in [-0.1, -0.05) is 41.4 Å². The summed E-state index contributed by atoms with van der Waals surface area (Å²) in [5.74, 6) is 0.343. The molecule has 0 aliphatic rings. The predicted molar refractivity (Wildman–Crippen MR) is 118 cm³/mol. The second-order valence-corrected chi connectivity index (χ2v) is 7.73. The number of carbonyl (C=O) groups is 1. The summed E-state index contributed by atoms with van der Waals surface area (Å²) in [6.45, 7) is 0.671. The molecule has 2 aromatic carbocycles. The van der Waals surface area contributed by atoms with E-state index in [1.54, 1.807) is 45.3 Å². The van der Waals surface area contributed by atoms with Gasteiger partial charge in [-0.3, -0.25) is 13.9 Å². The third-order valence-electron chi connectivity index (χ3n) is 4.93. The first-order valence-electron chi connectivity index (χ1n) is 9.34. The number of halogens is 2. The van der Waals surface area contributed by atoms with E-state index in [1.807, 2.05) is 30.3 Å². The van der Waals surface area contributed by atoms with Crippen molar-refractivity contribution < 1.29 is 4.79 Å². The molecule has 4 rings (SSSR count). The molecule has 0 atom stereocenters. The highest BCUT2D eigenvalue weighted by Gasteiger charge is 2.13. The molecule has 30 heavy (non-hydrogen) atoms. The van der Waals surface area contributed by atoms with Crippen LogP contribution in [0.15, 0.2) is 59.5 Å². The van der Waals surface area contributed by atoms with Crippen molar-refractivity contribution in [3.63, 3.8) is 0 Å². The Bertz CT molecular complexity index is 1290. The molecule has 0 radical (unpaired) electrons. The van der Waals surface area contributed by atoms with Crippen LogP contribution >= 0.6 is 23.2 Å². The van der Waals surface area contributed by atoms with Crippen molar-refractivity contribution in [3.8, 4) is 0 Å². The Morgan fingerprint density at radius 2 is 1.87 bits per heavy atom. The summed E-state index contributed by atoms with van der Waals surface area (Å²) in [7, 11) is 1.72. The number of aromatic nitrogens is 4. The number of imidazole rings is 1. The summed E-state index contributed by atoms with van der Waals surface area (Å²) < 4.78 is 4.84. The fraction of sp³-hybridized carbons (Fsp3) is 0.190. The molecule has 0 bridgehead atoms. The van der Waals surface area contributed by atoms with Crippen molar-refractivity contribution in [3.05, 3.63) is 80.8 Å². The number of aryl methyl sites for hydroxylation is 2. The standard InChI is InChI=1S/C21H19Cl2N5O2/c1-26-17-4-2-3-5-18(17)27(21(26)30)11-9-20(29)25-19-8-10-24-28(19)13-14-6-7-15(22)12-16(14)23/h2-8,10,12H,9,11,13H2,1H3,(H,25,29). The molecule has 1 amide bonds.